The second-order valence-electron chi connectivity index (χ2n) is 4.83. The van der Waals surface area contributed by atoms with Crippen molar-refractivity contribution in [1.82, 2.24) is 10.5 Å². The first-order valence-electron chi connectivity index (χ1n) is 6.68. The molecule has 0 aliphatic carbocycles. The van der Waals surface area contributed by atoms with Gasteiger partial charge in [0, 0.05) is 16.5 Å². The first-order chi connectivity index (χ1) is 10.6. The molecule has 4 nitrogen and oxygen atoms in total. The molecule has 1 amide bonds. The molecular weight excluding hydrogens is 364 g/mol. The molecule has 0 bridgehead atoms. The number of hydrogen-bond acceptors (Lipinski definition) is 4. The molecule has 0 fully saturated rings. The topological polar surface area (TPSA) is 55.1 Å². The van der Waals surface area contributed by atoms with E-state index in [2.05, 4.69) is 26.4 Å². The van der Waals surface area contributed by atoms with Crippen LogP contribution in [0.15, 0.2) is 50.8 Å². The zero-order chi connectivity index (χ0) is 15.5. The van der Waals surface area contributed by atoms with Gasteiger partial charge in [0.25, 0.3) is 5.91 Å². The molecule has 0 radical (unpaired) electrons. The smallest absolute Gasteiger partial charge is 0.290 e. The lowest BCUT2D eigenvalue weighted by atomic mass is 10.1. The summed E-state index contributed by atoms with van der Waals surface area (Å²) in [5.41, 5.74) is 2.76. The maximum Gasteiger partial charge on any atom is 0.290 e. The van der Waals surface area contributed by atoms with Crippen LogP contribution in [0.2, 0.25) is 0 Å². The number of benzene rings is 1. The molecule has 0 aliphatic heterocycles. The molecule has 1 aromatic carbocycles. The highest BCUT2D eigenvalue weighted by Gasteiger charge is 2.14. The molecule has 6 heteroatoms. The number of aryl methyl sites for hydroxylation is 1. The Bertz CT molecular complexity index is 793. The molecule has 0 spiro atoms. The van der Waals surface area contributed by atoms with Gasteiger partial charge in [-0.3, -0.25) is 4.79 Å². The van der Waals surface area contributed by atoms with E-state index >= 15 is 0 Å². The summed E-state index contributed by atoms with van der Waals surface area (Å²) >= 11 is 4.98. The normalized spacial score (nSPS) is 10.6. The Labute approximate surface area is 140 Å². The highest BCUT2D eigenvalue weighted by atomic mass is 79.9. The second kappa shape index (κ2) is 6.46. The van der Waals surface area contributed by atoms with Crippen LogP contribution in [0.4, 0.5) is 0 Å². The van der Waals surface area contributed by atoms with Crippen molar-refractivity contribution in [1.29, 1.82) is 0 Å². The Morgan fingerprint density at radius 2 is 2.05 bits per heavy atom. The molecule has 2 heterocycles. The number of nitrogens with zero attached hydrogens (tertiary/aromatic N) is 1. The van der Waals surface area contributed by atoms with Crippen LogP contribution in [-0.2, 0) is 6.54 Å². The van der Waals surface area contributed by atoms with Crippen molar-refractivity contribution < 1.29 is 9.32 Å². The summed E-state index contributed by atoms with van der Waals surface area (Å²) in [7, 11) is 0. The molecule has 0 atom stereocenters. The number of nitrogens with one attached hydrogen (secondary N) is 1. The molecule has 1 N–H and O–H groups in total. The Morgan fingerprint density at radius 3 is 2.73 bits per heavy atom. The van der Waals surface area contributed by atoms with Crippen molar-refractivity contribution in [3.63, 3.8) is 0 Å². The summed E-state index contributed by atoms with van der Waals surface area (Å²) in [6.45, 7) is 2.49. The zero-order valence-corrected chi connectivity index (χ0v) is 14.2. The molecular formula is C16H13BrN2O2S. The third-order valence-electron chi connectivity index (χ3n) is 3.13. The first kappa shape index (κ1) is 15.0. The molecule has 3 rings (SSSR count). The molecule has 112 valence electrons. The molecule has 0 unspecified atom stereocenters. The summed E-state index contributed by atoms with van der Waals surface area (Å²) in [6.07, 6.45) is 0. The van der Waals surface area contributed by atoms with E-state index in [1.807, 2.05) is 43.3 Å². The van der Waals surface area contributed by atoms with Gasteiger partial charge in [-0.05, 0) is 35.0 Å². The SMILES string of the molecule is Cc1ccc(-c2cc(C(=O)NCc3ccc(Br)s3)on2)cc1. The van der Waals surface area contributed by atoms with Gasteiger partial charge < -0.3 is 9.84 Å². The van der Waals surface area contributed by atoms with Crippen molar-refractivity contribution in [2.75, 3.05) is 0 Å². The summed E-state index contributed by atoms with van der Waals surface area (Å²) in [6, 6.07) is 13.5. The van der Waals surface area contributed by atoms with Crippen LogP contribution in [0.1, 0.15) is 21.0 Å². The van der Waals surface area contributed by atoms with Crippen LogP contribution in [-0.4, -0.2) is 11.1 Å². The molecule has 3 aromatic rings. The fourth-order valence-corrected chi connectivity index (χ4v) is 3.37. The van der Waals surface area contributed by atoms with Crippen molar-refractivity contribution >= 4 is 33.2 Å². The fraction of sp³-hybridized carbons (Fsp3) is 0.125. The first-order valence-corrected chi connectivity index (χ1v) is 8.29. The van der Waals surface area contributed by atoms with E-state index in [0.29, 0.717) is 12.2 Å². The Hall–Kier alpha value is -1.92. The van der Waals surface area contributed by atoms with Gasteiger partial charge in [0.05, 0.1) is 10.3 Å². The largest absolute Gasteiger partial charge is 0.350 e. The van der Waals surface area contributed by atoms with Crippen LogP contribution in [0.5, 0.6) is 0 Å². The maximum atomic E-state index is 12.1. The number of carbonyl (C=O) groups excluding carboxylic acids is 1. The number of thiophene rings is 1. The average Bonchev–Trinajstić information content (AvgIpc) is 3.15. The predicted octanol–water partition coefficient (Wildman–Crippen LogP) is 4.40. The minimum absolute atomic E-state index is 0.214. The van der Waals surface area contributed by atoms with Gasteiger partial charge >= 0.3 is 0 Å². The molecule has 0 saturated carbocycles. The van der Waals surface area contributed by atoms with Gasteiger partial charge in [0.15, 0.2) is 0 Å². The van der Waals surface area contributed by atoms with Crippen LogP contribution < -0.4 is 5.32 Å². The van der Waals surface area contributed by atoms with Gasteiger partial charge in [-0.1, -0.05) is 35.0 Å². The summed E-state index contributed by atoms with van der Waals surface area (Å²) in [4.78, 5) is 13.1. The van der Waals surface area contributed by atoms with Gasteiger partial charge in [-0.15, -0.1) is 11.3 Å². The lowest BCUT2D eigenvalue weighted by Gasteiger charge is -1.99. The van der Waals surface area contributed by atoms with Gasteiger partial charge in [0.2, 0.25) is 5.76 Å². The van der Waals surface area contributed by atoms with Crippen molar-refractivity contribution in [2.45, 2.75) is 13.5 Å². The monoisotopic (exact) mass is 376 g/mol. The quantitative estimate of drug-likeness (QED) is 0.733. The Kier molecular flexibility index (Phi) is 4.40. The van der Waals surface area contributed by atoms with E-state index in [4.69, 9.17) is 4.52 Å². The number of rotatable bonds is 4. The Balaban J connectivity index is 1.67. The molecule has 22 heavy (non-hydrogen) atoms. The van der Waals surface area contributed by atoms with Gasteiger partial charge in [-0.25, -0.2) is 0 Å². The van der Waals surface area contributed by atoms with E-state index in [9.17, 15) is 4.79 Å². The molecule has 0 saturated heterocycles. The highest BCUT2D eigenvalue weighted by molar-refractivity contribution is 9.11. The third kappa shape index (κ3) is 3.45. The molecule has 0 aliphatic rings. The average molecular weight is 377 g/mol. The van der Waals surface area contributed by atoms with Crippen LogP contribution in [0.3, 0.4) is 0 Å². The van der Waals surface area contributed by atoms with Crippen molar-refractivity contribution in [2.24, 2.45) is 0 Å². The van der Waals surface area contributed by atoms with E-state index < -0.39 is 0 Å². The summed E-state index contributed by atoms with van der Waals surface area (Å²) in [5.74, 6) is -0.0541. The third-order valence-corrected chi connectivity index (χ3v) is 4.76. The van der Waals surface area contributed by atoms with Gasteiger partial charge in [0.1, 0.15) is 5.69 Å². The number of carbonyl (C=O) groups is 1. The lowest BCUT2D eigenvalue weighted by Crippen LogP contribution is -2.21. The van der Waals surface area contributed by atoms with Crippen LogP contribution >= 0.6 is 27.3 Å². The van der Waals surface area contributed by atoms with E-state index in [0.717, 1.165) is 14.2 Å². The van der Waals surface area contributed by atoms with Crippen molar-refractivity contribution in [3.05, 3.63) is 62.5 Å². The number of halogens is 1. The number of amides is 1. The molecule has 2 aromatic heterocycles. The van der Waals surface area contributed by atoms with Gasteiger partial charge in [-0.2, -0.15) is 0 Å². The fourth-order valence-electron chi connectivity index (χ4n) is 1.94. The maximum absolute atomic E-state index is 12.1. The minimum Gasteiger partial charge on any atom is -0.350 e. The van der Waals surface area contributed by atoms with E-state index in [1.165, 1.54) is 5.56 Å². The standard InChI is InChI=1S/C16H13BrN2O2S/c1-10-2-4-11(5-3-10)13-8-14(21-19-13)16(20)18-9-12-6-7-15(17)22-12/h2-8H,9H2,1H3,(H,18,20). The number of hydrogen-bond donors (Lipinski definition) is 1. The zero-order valence-electron chi connectivity index (χ0n) is 11.8. The van der Waals surface area contributed by atoms with Crippen molar-refractivity contribution in [3.8, 4) is 11.3 Å². The van der Waals surface area contributed by atoms with E-state index in [-0.39, 0.29) is 11.7 Å². The number of aromatic nitrogens is 1. The summed E-state index contributed by atoms with van der Waals surface area (Å²) in [5, 5.41) is 6.77. The Morgan fingerprint density at radius 1 is 1.27 bits per heavy atom. The van der Waals surface area contributed by atoms with E-state index in [1.54, 1.807) is 17.4 Å². The second-order valence-corrected chi connectivity index (χ2v) is 7.38. The highest BCUT2D eigenvalue weighted by Crippen LogP contribution is 2.22. The lowest BCUT2D eigenvalue weighted by molar-refractivity contribution is 0.0914. The minimum atomic E-state index is -0.268. The van der Waals surface area contributed by atoms with Crippen LogP contribution in [0.25, 0.3) is 11.3 Å². The van der Waals surface area contributed by atoms with Crippen LogP contribution in [0, 0.1) is 6.92 Å². The summed E-state index contributed by atoms with van der Waals surface area (Å²) < 4.78 is 6.18. The predicted molar refractivity (Wildman–Crippen MR) is 89.9 cm³/mol.